The molecule has 0 amide bonds. The van der Waals surface area contributed by atoms with Gasteiger partial charge in [0, 0.05) is 21.3 Å². The van der Waals surface area contributed by atoms with Crippen molar-refractivity contribution in [3.05, 3.63) is 23.9 Å². The summed E-state index contributed by atoms with van der Waals surface area (Å²) in [5, 5.41) is 0. The summed E-state index contributed by atoms with van der Waals surface area (Å²) in [6.45, 7) is 5.63. The molecule has 4 heteroatoms. The van der Waals surface area contributed by atoms with E-state index in [0.29, 0.717) is 0 Å². The van der Waals surface area contributed by atoms with Crippen LogP contribution >= 0.6 is 0 Å². The predicted molar refractivity (Wildman–Crippen MR) is 50.7 cm³/mol. The van der Waals surface area contributed by atoms with E-state index in [9.17, 15) is 0 Å². The second-order valence-corrected chi connectivity index (χ2v) is 5.16. The van der Waals surface area contributed by atoms with Crippen molar-refractivity contribution in [1.82, 2.24) is 0 Å². The molecule has 0 aromatic heterocycles. The second kappa shape index (κ2) is 5.26. The summed E-state index contributed by atoms with van der Waals surface area (Å²) in [5.41, 5.74) is 2.74. The first-order valence-corrected chi connectivity index (χ1v) is 5.40. The van der Waals surface area contributed by atoms with Gasteiger partial charge in [-0.1, -0.05) is 18.2 Å². The van der Waals surface area contributed by atoms with Crippen molar-refractivity contribution in [2.24, 2.45) is 0 Å². The molecule has 0 radical (unpaired) electrons. The van der Waals surface area contributed by atoms with Crippen LogP contribution in [-0.4, -0.2) is 30.1 Å². The first-order valence-electron chi connectivity index (χ1n) is 3.60. The summed E-state index contributed by atoms with van der Waals surface area (Å²) in [6, 6.07) is 0. The summed E-state index contributed by atoms with van der Waals surface area (Å²) >= 11 is 0. The van der Waals surface area contributed by atoms with Crippen molar-refractivity contribution in [2.45, 2.75) is 6.92 Å². The molecule has 0 saturated carbocycles. The lowest BCUT2D eigenvalue weighted by atomic mass is 10.4. The Morgan fingerprint density at radius 2 is 1.58 bits per heavy atom. The maximum Gasteiger partial charge on any atom is 0.528 e. The van der Waals surface area contributed by atoms with Gasteiger partial charge >= 0.3 is 8.80 Å². The Bertz CT molecular complexity index is 165. The third kappa shape index (κ3) is 3.32. The van der Waals surface area contributed by atoms with E-state index < -0.39 is 8.80 Å². The molecule has 0 aromatic carbocycles. The van der Waals surface area contributed by atoms with E-state index in [1.807, 2.05) is 13.0 Å². The SMILES string of the molecule is C=C(C)C=C[Si](OC)(OC)OC. The summed E-state index contributed by atoms with van der Waals surface area (Å²) in [5.74, 6) is 0. The molecule has 0 spiro atoms. The Morgan fingerprint density at radius 1 is 1.17 bits per heavy atom. The van der Waals surface area contributed by atoms with Gasteiger partial charge in [0.15, 0.2) is 0 Å². The van der Waals surface area contributed by atoms with E-state index in [4.69, 9.17) is 13.3 Å². The van der Waals surface area contributed by atoms with E-state index in [-0.39, 0.29) is 0 Å². The van der Waals surface area contributed by atoms with Crippen molar-refractivity contribution in [2.75, 3.05) is 21.3 Å². The lowest BCUT2D eigenvalue weighted by Gasteiger charge is -2.20. The summed E-state index contributed by atoms with van der Waals surface area (Å²) in [4.78, 5) is 0. The summed E-state index contributed by atoms with van der Waals surface area (Å²) in [7, 11) is 2.19. The monoisotopic (exact) mass is 188 g/mol. The van der Waals surface area contributed by atoms with Crippen LogP contribution in [0, 0.1) is 0 Å². The molecule has 0 bridgehead atoms. The number of rotatable bonds is 5. The van der Waals surface area contributed by atoms with Gasteiger partial charge in [-0.3, -0.25) is 0 Å². The molecule has 0 aliphatic rings. The average molecular weight is 188 g/mol. The molecule has 0 fully saturated rings. The lowest BCUT2D eigenvalue weighted by molar-refractivity contribution is 0.138. The van der Waals surface area contributed by atoms with Crippen LogP contribution in [0.15, 0.2) is 23.9 Å². The third-order valence-corrected chi connectivity index (χ3v) is 3.71. The average Bonchev–Trinajstić information content (AvgIpc) is 2.08. The minimum absolute atomic E-state index is 0.943. The highest BCUT2D eigenvalue weighted by Gasteiger charge is 2.34. The van der Waals surface area contributed by atoms with Gasteiger partial charge < -0.3 is 13.3 Å². The Labute approximate surface area is 75.0 Å². The minimum Gasteiger partial charge on any atom is -0.374 e. The molecular formula is C8H16O3Si. The molecule has 0 N–H and O–H groups in total. The molecular weight excluding hydrogens is 172 g/mol. The second-order valence-electron chi connectivity index (χ2n) is 2.40. The molecule has 0 rings (SSSR count). The van der Waals surface area contributed by atoms with Crippen molar-refractivity contribution in [3.63, 3.8) is 0 Å². The highest BCUT2D eigenvalue weighted by Crippen LogP contribution is 2.08. The van der Waals surface area contributed by atoms with Gasteiger partial charge in [0.05, 0.1) is 0 Å². The number of hydrogen-bond donors (Lipinski definition) is 0. The molecule has 0 atom stereocenters. The van der Waals surface area contributed by atoms with Crippen molar-refractivity contribution in [3.8, 4) is 0 Å². The molecule has 0 saturated heterocycles. The minimum atomic E-state index is -2.52. The van der Waals surface area contributed by atoms with Gasteiger partial charge in [-0.25, -0.2) is 0 Å². The Hall–Kier alpha value is -0.423. The summed E-state index contributed by atoms with van der Waals surface area (Å²) < 4.78 is 15.5. The molecule has 0 aliphatic heterocycles. The fourth-order valence-corrected chi connectivity index (χ4v) is 2.10. The van der Waals surface area contributed by atoms with Gasteiger partial charge in [-0.05, 0) is 12.6 Å². The molecule has 70 valence electrons. The Balaban J connectivity index is 4.39. The molecule has 0 unspecified atom stereocenters. The zero-order valence-corrected chi connectivity index (χ0v) is 9.09. The highest BCUT2D eigenvalue weighted by molar-refractivity contribution is 6.66. The zero-order chi connectivity index (χ0) is 9.61. The van der Waals surface area contributed by atoms with Gasteiger partial charge in [-0.15, -0.1) is 0 Å². The third-order valence-electron chi connectivity index (χ3n) is 1.43. The number of allylic oxidation sites excluding steroid dienone is 2. The Kier molecular flexibility index (Phi) is 5.08. The Morgan fingerprint density at radius 3 is 1.83 bits per heavy atom. The molecule has 3 nitrogen and oxygen atoms in total. The van der Waals surface area contributed by atoms with Gasteiger partial charge in [0.25, 0.3) is 0 Å². The summed E-state index contributed by atoms with van der Waals surface area (Å²) in [6.07, 6.45) is 1.84. The highest BCUT2D eigenvalue weighted by atomic mass is 28.4. The maximum atomic E-state index is 5.15. The normalized spacial score (nSPS) is 12.3. The van der Waals surface area contributed by atoms with Gasteiger partial charge in [0.2, 0.25) is 0 Å². The van der Waals surface area contributed by atoms with Crippen LogP contribution in [-0.2, 0) is 13.3 Å². The van der Waals surface area contributed by atoms with E-state index in [2.05, 4.69) is 6.58 Å². The molecule has 0 heterocycles. The van der Waals surface area contributed by atoms with Crippen molar-refractivity contribution in [1.29, 1.82) is 0 Å². The topological polar surface area (TPSA) is 27.7 Å². The first kappa shape index (κ1) is 11.6. The van der Waals surface area contributed by atoms with Crippen LogP contribution in [0.5, 0.6) is 0 Å². The van der Waals surface area contributed by atoms with E-state index in [0.717, 1.165) is 5.57 Å². The number of hydrogen-bond acceptors (Lipinski definition) is 3. The molecule has 12 heavy (non-hydrogen) atoms. The largest absolute Gasteiger partial charge is 0.528 e. The predicted octanol–water partition coefficient (Wildman–Crippen LogP) is 1.54. The quantitative estimate of drug-likeness (QED) is 0.484. The van der Waals surface area contributed by atoms with Crippen LogP contribution in [0.2, 0.25) is 0 Å². The zero-order valence-electron chi connectivity index (χ0n) is 8.09. The van der Waals surface area contributed by atoms with Crippen LogP contribution in [0.1, 0.15) is 6.92 Å². The van der Waals surface area contributed by atoms with E-state index in [1.165, 1.54) is 0 Å². The van der Waals surface area contributed by atoms with Crippen LogP contribution < -0.4 is 0 Å². The van der Waals surface area contributed by atoms with Crippen molar-refractivity contribution < 1.29 is 13.3 Å². The van der Waals surface area contributed by atoms with Gasteiger partial charge in [-0.2, -0.15) is 0 Å². The van der Waals surface area contributed by atoms with Crippen molar-refractivity contribution >= 4 is 8.80 Å². The molecule has 0 aliphatic carbocycles. The van der Waals surface area contributed by atoms with Crippen LogP contribution in [0.3, 0.4) is 0 Å². The van der Waals surface area contributed by atoms with E-state index >= 15 is 0 Å². The smallest absolute Gasteiger partial charge is 0.374 e. The fraction of sp³-hybridized carbons (Fsp3) is 0.500. The lowest BCUT2D eigenvalue weighted by Crippen LogP contribution is -2.40. The molecule has 0 aromatic rings. The van der Waals surface area contributed by atoms with Crippen LogP contribution in [0.4, 0.5) is 0 Å². The maximum absolute atomic E-state index is 5.15. The van der Waals surface area contributed by atoms with E-state index in [1.54, 1.807) is 27.0 Å². The van der Waals surface area contributed by atoms with Gasteiger partial charge in [0.1, 0.15) is 0 Å². The fourth-order valence-electron chi connectivity index (χ4n) is 0.698. The standard InChI is InChI=1S/C8H16O3Si/c1-8(2)6-7-12(9-3,10-4)11-5/h6-7H,1H2,2-5H3. The van der Waals surface area contributed by atoms with Crippen LogP contribution in [0.25, 0.3) is 0 Å². The first-order chi connectivity index (χ1) is 5.60.